The van der Waals surface area contributed by atoms with E-state index in [4.69, 9.17) is 21.4 Å². The number of amides is 2. The smallest absolute Gasteiger partial charge is 0.240 e. The lowest BCUT2D eigenvalue weighted by molar-refractivity contribution is -0.123. The van der Waals surface area contributed by atoms with Gasteiger partial charge in [-0.15, -0.1) is 23.1 Å². The second-order valence-corrected chi connectivity index (χ2v) is 12.9. The number of hydrogen-bond acceptors (Lipinski definition) is 6. The Bertz CT molecular complexity index is 1280. The van der Waals surface area contributed by atoms with Crippen LogP contribution in [0.25, 0.3) is 5.69 Å². The number of thiophene rings is 1. The minimum absolute atomic E-state index is 0.0302. The van der Waals surface area contributed by atoms with E-state index in [0.29, 0.717) is 17.4 Å². The Morgan fingerprint density at radius 1 is 1.27 bits per heavy atom. The number of rotatable bonds is 6. The summed E-state index contributed by atoms with van der Waals surface area (Å²) < 4.78 is 7.44. The molecule has 37 heavy (non-hydrogen) atoms. The fourth-order valence-corrected chi connectivity index (χ4v) is 7.12. The van der Waals surface area contributed by atoms with Gasteiger partial charge in [0.05, 0.1) is 28.5 Å². The fraction of sp³-hybridized carbons (Fsp3) is 0.444. The Morgan fingerprint density at radius 2 is 2.11 bits per heavy atom. The highest BCUT2D eigenvalue weighted by Crippen LogP contribution is 2.49. The Morgan fingerprint density at radius 3 is 2.78 bits per heavy atom. The number of aromatic nitrogens is 2. The molecule has 1 saturated heterocycles. The number of ether oxygens (including phenoxy) is 1. The highest BCUT2D eigenvalue weighted by atomic mass is 35.5. The molecule has 2 aromatic heterocycles. The number of hydrogen-bond donors (Lipinski definition) is 1. The zero-order chi connectivity index (χ0) is 26.2. The summed E-state index contributed by atoms with van der Waals surface area (Å²) in [7, 11) is 0. The summed E-state index contributed by atoms with van der Waals surface area (Å²) in [6.45, 7) is 7.45. The first-order valence-corrected chi connectivity index (χ1v) is 14.8. The lowest BCUT2D eigenvalue weighted by Gasteiger charge is -2.24. The van der Waals surface area contributed by atoms with E-state index in [1.54, 1.807) is 32.7 Å². The van der Waals surface area contributed by atoms with Crippen molar-refractivity contribution in [1.29, 1.82) is 0 Å². The Kier molecular flexibility index (Phi) is 7.68. The van der Waals surface area contributed by atoms with Crippen molar-refractivity contribution < 1.29 is 14.3 Å². The maximum Gasteiger partial charge on any atom is 0.240 e. The number of nitrogens with zero attached hydrogens (tertiary/aromatic N) is 3. The minimum atomic E-state index is -0.300. The molecular formula is C27H31ClN4O3S2. The number of halogens is 1. The first-order chi connectivity index (χ1) is 17.7. The number of carbonyl (C=O) groups excluding carboxylic acids is 2. The number of thioether (sulfide) groups is 1. The second kappa shape index (κ2) is 10.8. The molecule has 2 atom stereocenters. The average Bonchev–Trinajstić information content (AvgIpc) is 3.61. The number of anilines is 1. The van der Waals surface area contributed by atoms with E-state index >= 15 is 0 Å². The number of carbonyl (C=O) groups is 2. The molecule has 4 heterocycles. The van der Waals surface area contributed by atoms with Crippen molar-refractivity contribution in [3.8, 4) is 5.69 Å². The van der Waals surface area contributed by atoms with Gasteiger partial charge in [-0.25, -0.2) is 4.68 Å². The summed E-state index contributed by atoms with van der Waals surface area (Å²) in [6, 6.07) is 11.6. The van der Waals surface area contributed by atoms with Crippen molar-refractivity contribution >= 4 is 52.3 Å². The van der Waals surface area contributed by atoms with Gasteiger partial charge in [-0.05, 0) is 42.5 Å². The van der Waals surface area contributed by atoms with Gasteiger partial charge in [0.15, 0.2) is 0 Å². The highest BCUT2D eigenvalue weighted by Gasteiger charge is 2.40. The summed E-state index contributed by atoms with van der Waals surface area (Å²) in [5, 5.41) is 10.6. The number of nitrogens with one attached hydrogen (secondary N) is 1. The summed E-state index contributed by atoms with van der Waals surface area (Å²) in [4.78, 5) is 29.5. The van der Waals surface area contributed by atoms with Gasteiger partial charge in [-0.3, -0.25) is 14.5 Å². The molecule has 2 unspecified atom stereocenters. The van der Waals surface area contributed by atoms with Gasteiger partial charge in [0, 0.05) is 34.0 Å². The maximum absolute atomic E-state index is 13.6. The Labute approximate surface area is 230 Å². The molecule has 10 heteroatoms. The van der Waals surface area contributed by atoms with Crippen LogP contribution in [0.2, 0.25) is 5.02 Å². The molecule has 2 aliphatic heterocycles. The summed E-state index contributed by atoms with van der Waals surface area (Å²) in [5.41, 5.74) is 2.31. The average molecular weight is 559 g/mol. The van der Waals surface area contributed by atoms with Crippen LogP contribution in [0.4, 0.5) is 5.82 Å². The largest absolute Gasteiger partial charge is 0.376 e. The molecule has 0 saturated carbocycles. The van der Waals surface area contributed by atoms with Crippen LogP contribution < -0.4 is 10.2 Å². The number of benzene rings is 1. The molecule has 0 spiro atoms. The van der Waals surface area contributed by atoms with Gasteiger partial charge < -0.3 is 10.1 Å². The molecule has 0 aliphatic carbocycles. The molecule has 7 nitrogen and oxygen atoms in total. The zero-order valence-corrected chi connectivity index (χ0v) is 23.6. The van der Waals surface area contributed by atoms with Crippen LogP contribution in [0.3, 0.4) is 0 Å². The molecule has 0 radical (unpaired) electrons. The molecule has 3 aromatic rings. The van der Waals surface area contributed by atoms with E-state index in [1.807, 2.05) is 30.3 Å². The van der Waals surface area contributed by atoms with Gasteiger partial charge in [0.25, 0.3) is 0 Å². The van der Waals surface area contributed by atoms with Crippen LogP contribution in [0.1, 0.15) is 55.0 Å². The van der Waals surface area contributed by atoms with Gasteiger partial charge in [-0.2, -0.15) is 5.10 Å². The molecule has 196 valence electrons. The highest BCUT2D eigenvalue weighted by molar-refractivity contribution is 8.00. The van der Waals surface area contributed by atoms with Crippen molar-refractivity contribution in [3.63, 3.8) is 0 Å². The van der Waals surface area contributed by atoms with Crippen molar-refractivity contribution in [3.05, 3.63) is 62.9 Å². The predicted molar refractivity (Wildman–Crippen MR) is 150 cm³/mol. The van der Waals surface area contributed by atoms with Gasteiger partial charge >= 0.3 is 0 Å². The van der Waals surface area contributed by atoms with Gasteiger partial charge in [0.1, 0.15) is 12.4 Å². The van der Waals surface area contributed by atoms with E-state index in [-0.39, 0.29) is 40.9 Å². The van der Waals surface area contributed by atoms with Crippen molar-refractivity contribution in [2.45, 2.75) is 50.4 Å². The van der Waals surface area contributed by atoms with Crippen LogP contribution in [0.15, 0.2) is 41.8 Å². The van der Waals surface area contributed by atoms with E-state index in [9.17, 15) is 9.59 Å². The van der Waals surface area contributed by atoms with Crippen molar-refractivity contribution in [2.75, 3.05) is 30.3 Å². The van der Waals surface area contributed by atoms with E-state index in [2.05, 4.69) is 37.5 Å². The van der Waals surface area contributed by atoms with Crippen molar-refractivity contribution in [1.82, 2.24) is 15.1 Å². The fourth-order valence-electron chi connectivity index (χ4n) is 4.76. The Hall–Kier alpha value is -2.33. The van der Waals surface area contributed by atoms with Crippen LogP contribution in [-0.2, 0) is 19.7 Å². The summed E-state index contributed by atoms with van der Waals surface area (Å²) >= 11 is 9.62. The molecular weight excluding hydrogens is 528 g/mol. The normalized spacial score (nSPS) is 20.1. The summed E-state index contributed by atoms with van der Waals surface area (Å²) in [5.74, 6) is 0.551. The minimum Gasteiger partial charge on any atom is -0.376 e. The van der Waals surface area contributed by atoms with E-state index in [1.165, 1.54) is 0 Å². The van der Waals surface area contributed by atoms with Crippen LogP contribution in [-0.4, -0.2) is 53.1 Å². The first kappa shape index (κ1) is 26.3. The second-order valence-electron chi connectivity index (χ2n) is 10.4. The third-order valence-corrected chi connectivity index (χ3v) is 9.06. The molecule has 1 aromatic carbocycles. The molecule has 1 fully saturated rings. The topological polar surface area (TPSA) is 76.5 Å². The van der Waals surface area contributed by atoms with Gasteiger partial charge in [-0.1, -0.05) is 44.5 Å². The summed E-state index contributed by atoms with van der Waals surface area (Å²) in [6.07, 6.45) is 1.97. The lowest BCUT2D eigenvalue weighted by Crippen LogP contribution is -2.44. The van der Waals surface area contributed by atoms with Gasteiger partial charge in [0.2, 0.25) is 11.8 Å². The molecule has 5 rings (SSSR count). The lowest BCUT2D eigenvalue weighted by atomic mass is 9.88. The molecule has 2 aliphatic rings. The van der Waals surface area contributed by atoms with E-state index < -0.39 is 0 Å². The SMILES string of the molecule is CC(C)(C)c1nn(-c2cccc(Cl)c2)c2c1C(c1cccs1)SCC(=O)N2CC(=O)NCC1CCCO1. The zero-order valence-electron chi connectivity index (χ0n) is 21.2. The quantitative estimate of drug-likeness (QED) is 0.441. The Balaban J connectivity index is 1.63. The third-order valence-electron chi connectivity index (χ3n) is 6.51. The first-order valence-electron chi connectivity index (χ1n) is 12.5. The molecule has 1 N–H and O–H groups in total. The molecule has 0 bridgehead atoms. The monoisotopic (exact) mass is 558 g/mol. The van der Waals surface area contributed by atoms with Crippen molar-refractivity contribution in [2.24, 2.45) is 0 Å². The maximum atomic E-state index is 13.6. The van der Waals surface area contributed by atoms with Crippen LogP contribution in [0.5, 0.6) is 0 Å². The van der Waals surface area contributed by atoms with Crippen LogP contribution in [0, 0.1) is 0 Å². The third kappa shape index (κ3) is 5.60. The van der Waals surface area contributed by atoms with E-state index in [0.717, 1.165) is 41.3 Å². The van der Waals surface area contributed by atoms with Crippen LogP contribution >= 0.6 is 34.7 Å². The predicted octanol–water partition coefficient (Wildman–Crippen LogP) is 5.35. The molecule has 2 amide bonds. The number of fused-ring (bicyclic) bond motifs is 1. The standard InChI is InChI=1S/C27H31ClN4O3S2/c1-27(2,3)25-23-24(20-10-6-12-36-20)37-16-22(34)31(15-21(33)29-14-19-9-5-11-35-19)26(23)32(30-25)18-8-4-7-17(28)13-18/h4,6-8,10,12-13,19,24H,5,9,11,14-16H2,1-3H3,(H,29,33).